The predicted octanol–water partition coefficient (Wildman–Crippen LogP) is 3.37. The SMILES string of the molecule is Cc1cc(C(=O)N2CSCC2C(=O)N2CCCC2)c(C)n1-c1ccc(F)cc1. The number of halogens is 1. The highest BCUT2D eigenvalue weighted by atomic mass is 32.2. The van der Waals surface area contributed by atoms with Gasteiger partial charge in [-0.25, -0.2) is 4.39 Å². The second-order valence-electron chi connectivity index (χ2n) is 7.42. The second-order valence-corrected chi connectivity index (χ2v) is 8.42. The Morgan fingerprint density at radius 3 is 2.46 bits per heavy atom. The van der Waals surface area contributed by atoms with Crippen LogP contribution in [0.1, 0.15) is 34.6 Å². The van der Waals surface area contributed by atoms with Crippen molar-refractivity contribution in [3.63, 3.8) is 0 Å². The molecule has 1 unspecified atom stereocenters. The van der Waals surface area contributed by atoms with Crippen LogP contribution in [0.5, 0.6) is 0 Å². The molecule has 1 atom stereocenters. The van der Waals surface area contributed by atoms with Crippen LogP contribution in [-0.2, 0) is 4.79 Å². The first-order valence-corrected chi connectivity index (χ1v) is 10.7. The van der Waals surface area contributed by atoms with Gasteiger partial charge in [0.05, 0.1) is 11.4 Å². The largest absolute Gasteiger partial charge is 0.341 e. The summed E-state index contributed by atoms with van der Waals surface area (Å²) < 4.78 is 15.2. The number of hydrogen-bond acceptors (Lipinski definition) is 3. The van der Waals surface area contributed by atoms with E-state index in [9.17, 15) is 14.0 Å². The molecule has 148 valence electrons. The van der Waals surface area contributed by atoms with E-state index in [0.717, 1.165) is 43.0 Å². The Morgan fingerprint density at radius 2 is 1.79 bits per heavy atom. The molecule has 4 rings (SSSR count). The standard InChI is InChI=1S/C21H24FN3O2S/c1-14-11-18(15(2)25(14)17-7-5-16(22)6-8-17)20(26)24-13-28-12-19(24)21(27)23-9-3-4-10-23/h5-8,11,19H,3-4,9-10,12-13H2,1-2H3. The van der Waals surface area contributed by atoms with E-state index in [1.54, 1.807) is 28.8 Å². The molecule has 7 heteroatoms. The van der Waals surface area contributed by atoms with Gasteiger partial charge in [-0.05, 0) is 57.0 Å². The number of thioether (sulfide) groups is 1. The zero-order valence-corrected chi connectivity index (χ0v) is 17.0. The third kappa shape index (κ3) is 3.32. The minimum absolute atomic E-state index is 0.0724. The number of likely N-dealkylation sites (tertiary alicyclic amines) is 1. The Kier molecular flexibility index (Phi) is 5.19. The second kappa shape index (κ2) is 7.62. The lowest BCUT2D eigenvalue weighted by molar-refractivity contribution is -0.133. The van der Waals surface area contributed by atoms with Crippen molar-refractivity contribution in [1.29, 1.82) is 0 Å². The Bertz CT molecular complexity index is 903. The van der Waals surface area contributed by atoms with Gasteiger partial charge in [-0.3, -0.25) is 9.59 Å². The summed E-state index contributed by atoms with van der Waals surface area (Å²) in [6.45, 7) is 5.41. The highest BCUT2D eigenvalue weighted by molar-refractivity contribution is 7.99. The fraction of sp³-hybridized carbons (Fsp3) is 0.429. The average Bonchev–Trinajstić information content (AvgIpc) is 3.42. The van der Waals surface area contributed by atoms with Crippen LogP contribution in [0.4, 0.5) is 4.39 Å². The molecule has 2 aliphatic rings. The number of carbonyl (C=O) groups excluding carboxylic acids is 2. The zero-order chi connectivity index (χ0) is 19.8. The van der Waals surface area contributed by atoms with Crippen LogP contribution in [0.25, 0.3) is 5.69 Å². The quantitative estimate of drug-likeness (QED) is 0.792. The molecule has 2 fully saturated rings. The molecule has 1 aromatic carbocycles. The summed E-state index contributed by atoms with van der Waals surface area (Å²) in [5.74, 6) is 0.855. The fourth-order valence-electron chi connectivity index (χ4n) is 4.12. The summed E-state index contributed by atoms with van der Waals surface area (Å²) in [5, 5.41) is 0. The zero-order valence-electron chi connectivity index (χ0n) is 16.2. The van der Waals surface area contributed by atoms with Crippen molar-refractivity contribution >= 4 is 23.6 Å². The Hall–Kier alpha value is -2.28. The van der Waals surface area contributed by atoms with E-state index in [0.29, 0.717) is 17.2 Å². The van der Waals surface area contributed by atoms with Crippen LogP contribution in [0.2, 0.25) is 0 Å². The van der Waals surface area contributed by atoms with E-state index >= 15 is 0 Å². The van der Waals surface area contributed by atoms with Gasteiger partial charge in [-0.2, -0.15) is 0 Å². The minimum Gasteiger partial charge on any atom is -0.341 e. The highest BCUT2D eigenvalue weighted by Gasteiger charge is 2.38. The summed E-state index contributed by atoms with van der Waals surface area (Å²) in [5.41, 5.74) is 3.12. The van der Waals surface area contributed by atoms with Crippen LogP contribution >= 0.6 is 11.8 Å². The molecular formula is C21H24FN3O2S. The molecule has 0 saturated carbocycles. The number of rotatable bonds is 3. The van der Waals surface area contributed by atoms with Gasteiger partial charge in [-0.1, -0.05) is 0 Å². The van der Waals surface area contributed by atoms with Gasteiger partial charge in [0.25, 0.3) is 5.91 Å². The van der Waals surface area contributed by atoms with Crippen molar-refractivity contribution in [2.24, 2.45) is 0 Å². The van der Waals surface area contributed by atoms with Gasteiger partial charge < -0.3 is 14.4 Å². The van der Waals surface area contributed by atoms with E-state index in [1.807, 2.05) is 29.4 Å². The lowest BCUT2D eigenvalue weighted by Gasteiger charge is -2.27. The number of nitrogens with zero attached hydrogens (tertiary/aromatic N) is 3. The molecule has 28 heavy (non-hydrogen) atoms. The summed E-state index contributed by atoms with van der Waals surface area (Å²) >= 11 is 1.62. The van der Waals surface area contributed by atoms with E-state index in [-0.39, 0.29) is 23.7 Å². The van der Waals surface area contributed by atoms with E-state index < -0.39 is 0 Å². The molecule has 0 aliphatic carbocycles. The van der Waals surface area contributed by atoms with Gasteiger partial charge in [0.2, 0.25) is 5.91 Å². The highest BCUT2D eigenvalue weighted by Crippen LogP contribution is 2.28. The normalized spacial score (nSPS) is 19.5. The Labute approximate surface area is 168 Å². The van der Waals surface area contributed by atoms with Crippen molar-refractivity contribution in [2.75, 3.05) is 24.7 Å². The van der Waals surface area contributed by atoms with Gasteiger partial charge in [-0.15, -0.1) is 11.8 Å². The maximum absolute atomic E-state index is 13.3. The van der Waals surface area contributed by atoms with Gasteiger partial charge in [0, 0.05) is 35.9 Å². The number of carbonyl (C=O) groups is 2. The van der Waals surface area contributed by atoms with Gasteiger partial charge in [0.15, 0.2) is 0 Å². The van der Waals surface area contributed by atoms with Crippen molar-refractivity contribution in [2.45, 2.75) is 32.7 Å². The fourth-order valence-corrected chi connectivity index (χ4v) is 5.26. The Morgan fingerprint density at radius 1 is 1.11 bits per heavy atom. The van der Waals surface area contributed by atoms with Crippen molar-refractivity contribution in [3.05, 3.63) is 53.1 Å². The molecule has 2 aliphatic heterocycles. The smallest absolute Gasteiger partial charge is 0.257 e. The summed E-state index contributed by atoms with van der Waals surface area (Å²) in [7, 11) is 0. The monoisotopic (exact) mass is 401 g/mol. The molecule has 2 amide bonds. The third-order valence-corrected chi connectivity index (χ3v) is 6.60. The number of benzene rings is 1. The first kappa shape index (κ1) is 19.1. The summed E-state index contributed by atoms with van der Waals surface area (Å²) in [4.78, 5) is 29.8. The summed E-state index contributed by atoms with van der Waals surface area (Å²) in [6.07, 6.45) is 2.08. The van der Waals surface area contributed by atoms with Gasteiger partial charge in [0.1, 0.15) is 11.9 Å². The number of aromatic nitrogens is 1. The number of aryl methyl sites for hydroxylation is 1. The molecule has 0 N–H and O–H groups in total. The van der Waals surface area contributed by atoms with Crippen LogP contribution in [0.15, 0.2) is 30.3 Å². The number of amides is 2. The van der Waals surface area contributed by atoms with Crippen LogP contribution in [0.3, 0.4) is 0 Å². The van der Waals surface area contributed by atoms with Crippen molar-refractivity contribution < 1.29 is 14.0 Å². The maximum atomic E-state index is 13.3. The van der Waals surface area contributed by atoms with Crippen LogP contribution in [0, 0.1) is 19.7 Å². The van der Waals surface area contributed by atoms with Gasteiger partial charge >= 0.3 is 0 Å². The lowest BCUT2D eigenvalue weighted by Crippen LogP contribution is -2.48. The molecule has 0 bridgehead atoms. The molecule has 2 saturated heterocycles. The van der Waals surface area contributed by atoms with Crippen molar-refractivity contribution in [1.82, 2.24) is 14.4 Å². The van der Waals surface area contributed by atoms with Crippen LogP contribution < -0.4 is 0 Å². The van der Waals surface area contributed by atoms with Crippen molar-refractivity contribution in [3.8, 4) is 5.69 Å². The minimum atomic E-state index is -0.385. The van der Waals surface area contributed by atoms with Crippen LogP contribution in [-0.4, -0.2) is 56.9 Å². The predicted molar refractivity (Wildman–Crippen MR) is 108 cm³/mol. The van der Waals surface area contributed by atoms with E-state index in [2.05, 4.69) is 0 Å². The molecule has 0 spiro atoms. The van der Waals surface area contributed by atoms with E-state index in [4.69, 9.17) is 0 Å². The molecule has 3 heterocycles. The topological polar surface area (TPSA) is 45.6 Å². The average molecular weight is 402 g/mol. The molecule has 1 aromatic heterocycles. The maximum Gasteiger partial charge on any atom is 0.257 e. The molecule has 0 radical (unpaired) electrons. The number of hydrogen-bond donors (Lipinski definition) is 0. The first-order chi connectivity index (χ1) is 13.5. The van der Waals surface area contributed by atoms with E-state index in [1.165, 1.54) is 12.1 Å². The third-order valence-electron chi connectivity index (χ3n) is 5.59. The first-order valence-electron chi connectivity index (χ1n) is 9.60. The molecular weight excluding hydrogens is 377 g/mol. The molecule has 2 aromatic rings. The lowest BCUT2D eigenvalue weighted by atomic mass is 10.1. The molecule has 5 nitrogen and oxygen atoms in total. The summed E-state index contributed by atoms with van der Waals surface area (Å²) in [6, 6.07) is 7.71. The Balaban J connectivity index is 1.62.